The smallest absolute Gasteiger partial charge is 0.114 e. The Kier molecular flexibility index (Phi) is 2.75. The molecule has 0 saturated carbocycles. The van der Waals surface area contributed by atoms with E-state index in [-0.39, 0.29) is 0 Å². The van der Waals surface area contributed by atoms with Crippen LogP contribution in [0.15, 0.2) is 12.3 Å². The van der Waals surface area contributed by atoms with Crippen molar-refractivity contribution < 1.29 is 4.84 Å². The van der Waals surface area contributed by atoms with Gasteiger partial charge in [-0.3, -0.25) is 0 Å². The fourth-order valence-electron chi connectivity index (χ4n) is 1.18. The first-order valence-corrected chi connectivity index (χ1v) is 3.87. The molecule has 0 unspecified atom stereocenters. The third-order valence-electron chi connectivity index (χ3n) is 1.60. The summed E-state index contributed by atoms with van der Waals surface area (Å²) in [4.78, 5) is 5.33. The molecule has 0 spiro atoms. The van der Waals surface area contributed by atoms with Crippen LogP contribution in [0.4, 0.5) is 0 Å². The van der Waals surface area contributed by atoms with Crippen LogP contribution in [0.2, 0.25) is 0 Å². The molecule has 0 aromatic heterocycles. The van der Waals surface area contributed by atoms with Crippen molar-refractivity contribution in [2.75, 3.05) is 13.1 Å². The van der Waals surface area contributed by atoms with Crippen molar-refractivity contribution in [1.82, 2.24) is 5.06 Å². The van der Waals surface area contributed by atoms with Crippen molar-refractivity contribution in [3.63, 3.8) is 0 Å². The lowest BCUT2D eigenvalue weighted by Gasteiger charge is -2.25. The van der Waals surface area contributed by atoms with E-state index in [4.69, 9.17) is 4.84 Å². The third-order valence-corrected chi connectivity index (χ3v) is 1.60. The molecule has 1 fully saturated rings. The molecular formula is C8H15NO. The van der Waals surface area contributed by atoms with Crippen LogP contribution in [0, 0.1) is 0 Å². The molecule has 2 nitrogen and oxygen atoms in total. The number of piperidine rings is 1. The van der Waals surface area contributed by atoms with Crippen molar-refractivity contribution in [2.24, 2.45) is 0 Å². The first-order valence-electron chi connectivity index (χ1n) is 3.87. The summed E-state index contributed by atoms with van der Waals surface area (Å²) in [6.07, 6.45) is 3.86. The topological polar surface area (TPSA) is 12.5 Å². The van der Waals surface area contributed by atoms with Crippen LogP contribution >= 0.6 is 0 Å². The molecule has 0 atom stereocenters. The van der Waals surface area contributed by atoms with Gasteiger partial charge in [-0.25, -0.2) is 0 Å². The van der Waals surface area contributed by atoms with Crippen molar-refractivity contribution in [3.05, 3.63) is 12.3 Å². The second-order valence-electron chi connectivity index (χ2n) is 2.78. The summed E-state index contributed by atoms with van der Waals surface area (Å²) in [6.45, 7) is 7.69. The maximum Gasteiger partial charge on any atom is 0.114 e. The summed E-state index contributed by atoms with van der Waals surface area (Å²) >= 11 is 0. The van der Waals surface area contributed by atoms with Gasteiger partial charge < -0.3 is 4.84 Å². The highest BCUT2D eigenvalue weighted by Gasteiger charge is 2.09. The van der Waals surface area contributed by atoms with E-state index < -0.39 is 0 Å². The minimum Gasteiger partial charge on any atom is -0.411 e. The van der Waals surface area contributed by atoms with E-state index >= 15 is 0 Å². The van der Waals surface area contributed by atoms with Crippen LogP contribution in [-0.4, -0.2) is 18.2 Å². The summed E-state index contributed by atoms with van der Waals surface area (Å²) in [5, 5.41) is 1.99. The Morgan fingerprint density at radius 3 is 2.40 bits per heavy atom. The highest BCUT2D eigenvalue weighted by molar-refractivity contribution is 4.73. The predicted octanol–water partition coefficient (Wildman–Crippen LogP) is 1.94. The van der Waals surface area contributed by atoms with Gasteiger partial charge in [0.1, 0.15) is 5.76 Å². The molecule has 1 saturated heterocycles. The van der Waals surface area contributed by atoms with Gasteiger partial charge in [-0.15, -0.1) is 5.06 Å². The minimum absolute atomic E-state index is 0.793. The Hall–Kier alpha value is -0.500. The largest absolute Gasteiger partial charge is 0.411 e. The molecule has 0 bridgehead atoms. The molecule has 0 aromatic carbocycles. The highest BCUT2D eigenvalue weighted by Crippen LogP contribution is 2.10. The van der Waals surface area contributed by atoms with E-state index in [0.717, 1.165) is 18.8 Å². The molecule has 0 N–H and O–H groups in total. The lowest BCUT2D eigenvalue weighted by molar-refractivity contribution is -0.129. The van der Waals surface area contributed by atoms with E-state index in [1.54, 1.807) is 0 Å². The van der Waals surface area contributed by atoms with Gasteiger partial charge in [0.25, 0.3) is 0 Å². The van der Waals surface area contributed by atoms with Gasteiger partial charge in [0.2, 0.25) is 0 Å². The van der Waals surface area contributed by atoms with E-state index in [1.807, 2.05) is 12.0 Å². The van der Waals surface area contributed by atoms with Crippen molar-refractivity contribution in [1.29, 1.82) is 0 Å². The van der Waals surface area contributed by atoms with Gasteiger partial charge >= 0.3 is 0 Å². The molecule has 0 amide bonds. The number of hydrogen-bond acceptors (Lipinski definition) is 2. The zero-order valence-corrected chi connectivity index (χ0v) is 6.60. The molecule has 1 heterocycles. The molecule has 0 aromatic rings. The van der Waals surface area contributed by atoms with Gasteiger partial charge in [-0.2, -0.15) is 0 Å². The maximum absolute atomic E-state index is 5.33. The fourth-order valence-corrected chi connectivity index (χ4v) is 1.18. The lowest BCUT2D eigenvalue weighted by atomic mass is 10.2. The van der Waals surface area contributed by atoms with E-state index in [1.165, 1.54) is 19.3 Å². The molecule has 1 aliphatic heterocycles. The second-order valence-corrected chi connectivity index (χ2v) is 2.78. The second kappa shape index (κ2) is 3.62. The summed E-state index contributed by atoms with van der Waals surface area (Å²) in [6, 6.07) is 0. The number of nitrogens with zero attached hydrogens (tertiary/aromatic N) is 1. The Morgan fingerprint density at radius 1 is 1.30 bits per heavy atom. The van der Waals surface area contributed by atoms with Crippen molar-refractivity contribution >= 4 is 0 Å². The summed E-state index contributed by atoms with van der Waals surface area (Å²) in [5.41, 5.74) is 0. The van der Waals surface area contributed by atoms with E-state index in [9.17, 15) is 0 Å². The maximum atomic E-state index is 5.33. The van der Waals surface area contributed by atoms with E-state index in [2.05, 4.69) is 6.58 Å². The molecule has 1 rings (SSSR count). The number of hydrogen-bond donors (Lipinski definition) is 0. The Morgan fingerprint density at radius 2 is 1.90 bits per heavy atom. The fraction of sp³-hybridized carbons (Fsp3) is 0.750. The molecule has 2 heteroatoms. The Bertz CT molecular complexity index is 116. The van der Waals surface area contributed by atoms with Gasteiger partial charge in [0.05, 0.1) is 0 Å². The van der Waals surface area contributed by atoms with Crippen LogP contribution in [0.5, 0.6) is 0 Å². The van der Waals surface area contributed by atoms with E-state index in [0.29, 0.717) is 0 Å². The normalized spacial score (nSPS) is 20.5. The van der Waals surface area contributed by atoms with Crippen LogP contribution in [0.1, 0.15) is 26.2 Å². The predicted molar refractivity (Wildman–Crippen MR) is 41.3 cm³/mol. The third kappa shape index (κ3) is 2.40. The molecular weight excluding hydrogens is 126 g/mol. The lowest BCUT2D eigenvalue weighted by Crippen LogP contribution is -2.29. The summed E-state index contributed by atoms with van der Waals surface area (Å²) in [5.74, 6) is 0.793. The van der Waals surface area contributed by atoms with Gasteiger partial charge in [-0.05, 0) is 19.8 Å². The Labute approximate surface area is 62.4 Å². The highest BCUT2D eigenvalue weighted by atomic mass is 16.7. The first kappa shape index (κ1) is 7.61. The monoisotopic (exact) mass is 141 g/mol. The molecule has 10 heavy (non-hydrogen) atoms. The Balaban J connectivity index is 2.19. The average molecular weight is 141 g/mol. The SMILES string of the molecule is C=C(C)ON1CCCCC1. The number of rotatable bonds is 2. The van der Waals surface area contributed by atoms with Crippen LogP contribution in [0.25, 0.3) is 0 Å². The van der Waals surface area contributed by atoms with Crippen LogP contribution < -0.4 is 0 Å². The van der Waals surface area contributed by atoms with Crippen LogP contribution in [0.3, 0.4) is 0 Å². The molecule has 1 aliphatic rings. The zero-order chi connectivity index (χ0) is 7.40. The molecule has 0 aliphatic carbocycles. The minimum atomic E-state index is 0.793. The standard InChI is InChI=1S/C8H15NO/c1-8(2)10-9-6-4-3-5-7-9/h1,3-7H2,2H3. The summed E-state index contributed by atoms with van der Waals surface area (Å²) in [7, 11) is 0. The molecule has 58 valence electrons. The van der Waals surface area contributed by atoms with Gasteiger partial charge in [-0.1, -0.05) is 13.0 Å². The zero-order valence-electron chi connectivity index (χ0n) is 6.60. The molecule has 0 radical (unpaired) electrons. The van der Waals surface area contributed by atoms with Crippen molar-refractivity contribution in [3.8, 4) is 0 Å². The summed E-state index contributed by atoms with van der Waals surface area (Å²) < 4.78 is 0. The van der Waals surface area contributed by atoms with Crippen molar-refractivity contribution in [2.45, 2.75) is 26.2 Å². The average Bonchev–Trinajstić information content (AvgIpc) is 1.88. The van der Waals surface area contributed by atoms with Crippen LogP contribution in [-0.2, 0) is 4.84 Å². The number of hydroxylamine groups is 2. The van der Waals surface area contributed by atoms with Gasteiger partial charge in [0.15, 0.2) is 0 Å². The quantitative estimate of drug-likeness (QED) is 0.545. The first-order chi connectivity index (χ1) is 4.79. The number of allylic oxidation sites excluding steroid dienone is 1. The van der Waals surface area contributed by atoms with Gasteiger partial charge in [0, 0.05) is 13.1 Å².